The van der Waals surface area contributed by atoms with Crippen LogP contribution in [0.25, 0.3) is 0 Å². The van der Waals surface area contributed by atoms with Gasteiger partial charge in [0, 0.05) is 41.0 Å². The van der Waals surface area contributed by atoms with Crippen LogP contribution in [0.1, 0.15) is 32.0 Å². The van der Waals surface area contributed by atoms with Gasteiger partial charge in [-0.25, -0.2) is 4.98 Å². The summed E-state index contributed by atoms with van der Waals surface area (Å²) in [4.78, 5) is 19.1. The van der Waals surface area contributed by atoms with Gasteiger partial charge in [-0.2, -0.15) is 0 Å². The van der Waals surface area contributed by atoms with E-state index in [0.717, 1.165) is 35.2 Å². The van der Waals surface area contributed by atoms with E-state index in [2.05, 4.69) is 15.3 Å². The maximum absolute atomic E-state index is 11.1. The zero-order chi connectivity index (χ0) is 14.8. The smallest absolute Gasteiger partial charge is 0.249 e. The molecule has 1 fully saturated rings. The van der Waals surface area contributed by atoms with Crippen molar-refractivity contribution < 1.29 is 9.53 Å². The molecule has 7 heteroatoms. The molecular weight excluding hydrogens is 306 g/mol. The van der Waals surface area contributed by atoms with Crippen molar-refractivity contribution in [2.24, 2.45) is 5.73 Å². The number of morpholine rings is 1. The van der Waals surface area contributed by atoms with Crippen LogP contribution >= 0.6 is 22.7 Å². The van der Waals surface area contributed by atoms with Crippen LogP contribution in [0.15, 0.2) is 16.8 Å². The number of nitrogens with two attached hydrogens (primary N) is 1. The second-order valence-corrected chi connectivity index (χ2v) is 6.97. The summed E-state index contributed by atoms with van der Waals surface area (Å²) in [5, 5.41) is 4.91. The molecule has 112 valence electrons. The molecule has 2 aromatic rings. The van der Waals surface area contributed by atoms with Gasteiger partial charge in [-0.15, -0.1) is 22.7 Å². The van der Waals surface area contributed by atoms with E-state index in [4.69, 9.17) is 10.5 Å². The minimum absolute atomic E-state index is 0.0491. The molecule has 0 aliphatic carbocycles. The number of hydrogen-bond donors (Lipinski definition) is 1. The van der Waals surface area contributed by atoms with Crippen molar-refractivity contribution in [2.75, 3.05) is 19.7 Å². The average molecular weight is 323 g/mol. The van der Waals surface area contributed by atoms with Gasteiger partial charge in [-0.3, -0.25) is 9.69 Å². The topological polar surface area (TPSA) is 68.5 Å². The molecule has 3 rings (SSSR count). The molecular formula is C14H17N3O2S2. The first-order valence-corrected chi connectivity index (χ1v) is 8.51. The van der Waals surface area contributed by atoms with E-state index in [-0.39, 0.29) is 12.0 Å². The number of aryl methyl sites for hydroxylation is 1. The first-order chi connectivity index (χ1) is 10.1. The molecule has 0 spiro atoms. The van der Waals surface area contributed by atoms with E-state index < -0.39 is 0 Å². The molecule has 0 saturated carbocycles. The lowest BCUT2D eigenvalue weighted by Gasteiger charge is -2.31. The van der Waals surface area contributed by atoms with Gasteiger partial charge in [0.2, 0.25) is 5.91 Å². The molecule has 1 unspecified atom stereocenters. The Balaban J connectivity index is 1.64. The number of thiazole rings is 1. The number of primary amides is 1. The zero-order valence-corrected chi connectivity index (χ0v) is 13.4. The Bertz CT molecular complexity index is 638. The highest BCUT2D eigenvalue weighted by atomic mass is 32.1. The number of carbonyl (C=O) groups is 1. The minimum Gasteiger partial charge on any atom is -0.368 e. The van der Waals surface area contributed by atoms with Gasteiger partial charge in [-0.05, 0) is 13.0 Å². The van der Waals surface area contributed by atoms with E-state index in [0.29, 0.717) is 12.2 Å². The number of ether oxygens (including phenoxy) is 1. The van der Waals surface area contributed by atoms with Crippen LogP contribution in [-0.2, 0) is 11.3 Å². The number of aromatic nitrogens is 1. The molecule has 0 bridgehead atoms. The number of rotatable bonds is 4. The monoisotopic (exact) mass is 323 g/mol. The second-order valence-electron chi connectivity index (χ2n) is 5.09. The molecule has 0 aromatic carbocycles. The lowest BCUT2D eigenvalue weighted by atomic mass is 10.2. The van der Waals surface area contributed by atoms with Crippen LogP contribution in [-0.4, -0.2) is 35.5 Å². The Kier molecular flexibility index (Phi) is 4.34. The summed E-state index contributed by atoms with van der Waals surface area (Å²) in [7, 11) is 0. The number of nitrogens with zero attached hydrogens (tertiary/aromatic N) is 2. The van der Waals surface area contributed by atoms with Gasteiger partial charge in [0.25, 0.3) is 0 Å². The maximum Gasteiger partial charge on any atom is 0.249 e. The normalized spacial score (nSPS) is 19.8. The first-order valence-electron chi connectivity index (χ1n) is 6.75. The van der Waals surface area contributed by atoms with E-state index in [1.54, 1.807) is 22.7 Å². The quantitative estimate of drug-likeness (QED) is 0.936. The summed E-state index contributed by atoms with van der Waals surface area (Å²) >= 11 is 3.23. The van der Waals surface area contributed by atoms with Crippen molar-refractivity contribution in [3.63, 3.8) is 0 Å². The van der Waals surface area contributed by atoms with Crippen LogP contribution in [0.3, 0.4) is 0 Å². The van der Waals surface area contributed by atoms with Crippen molar-refractivity contribution in [2.45, 2.75) is 19.6 Å². The summed E-state index contributed by atoms with van der Waals surface area (Å²) in [6.45, 7) is 5.25. The van der Waals surface area contributed by atoms with Gasteiger partial charge in [0.15, 0.2) is 0 Å². The van der Waals surface area contributed by atoms with E-state index in [1.807, 2.05) is 18.4 Å². The van der Waals surface area contributed by atoms with Gasteiger partial charge in [-0.1, -0.05) is 0 Å². The highest BCUT2D eigenvalue weighted by Gasteiger charge is 2.24. The Morgan fingerprint density at radius 1 is 1.52 bits per heavy atom. The van der Waals surface area contributed by atoms with Crippen molar-refractivity contribution in [1.29, 1.82) is 0 Å². The van der Waals surface area contributed by atoms with Crippen molar-refractivity contribution >= 4 is 28.6 Å². The molecule has 2 aromatic heterocycles. The highest BCUT2D eigenvalue weighted by molar-refractivity contribution is 7.10. The Morgan fingerprint density at radius 3 is 3.05 bits per heavy atom. The third-order valence-corrected chi connectivity index (χ3v) is 5.36. The fourth-order valence-electron chi connectivity index (χ4n) is 2.33. The summed E-state index contributed by atoms with van der Waals surface area (Å²) in [5.41, 5.74) is 6.92. The van der Waals surface area contributed by atoms with Gasteiger partial charge in [0.05, 0.1) is 12.2 Å². The summed E-state index contributed by atoms with van der Waals surface area (Å²) in [6.07, 6.45) is 0.0491. The number of thiophene rings is 1. The van der Waals surface area contributed by atoms with Crippen LogP contribution in [0.2, 0.25) is 0 Å². The fourth-order valence-corrected chi connectivity index (χ4v) is 4.08. The lowest BCUT2D eigenvalue weighted by Crippen LogP contribution is -2.37. The lowest BCUT2D eigenvalue weighted by molar-refractivity contribution is -0.0327. The highest BCUT2D eigenvalue weighted by Crippen LogP contribution is 2.26. The predicted molar refractivity (Wildman–Crippen MR) is 83.7 cm³/mol. The van der Waals surface area contributed by atoms with E-state index in [1.165, 1.54) is 0 Å². The first kappa shape index (κ1) is 14.6. The molecule has 5 nitrogen and oxygen atoms in total. The number of amides is 1. The molecule has 1 aliphatic heterocycles. The summed E-state index contributed by atoms with van der Waals surface area (Å²) in [5.74, 6) is -0.365. The Morgan fingerprint density at radius 2 is 2.38 bits per heavy atom. The third-order valence-electron chi connectivity index (χ3n) is 3.38. The standard InChI is InChI=1S/C14H17N3O2S2/c1-9-7-21-14(16-9)12-6-17(2-3-19-12)5-11-4-10(8-20-11)13(15)18/h4,7-8,12H,2-3,5-6H2,1H3,(H2,15,18). The summed E-state index contributed by atoms with van der Waals surface area (Å²) < 4.78 is 5.82. The SMILES string of the molecule is Cc1csc(C2CN(Cc3cc(C(N)=O)cs3)CCO2)n1. The molecule has 2 N–H and O–H groups in total. The molecule has 1 saturated heterocycles. The number of carbonyl (C=O) groups excluding carboxylic acids is 1. The van der Waals surface area contributed by atoms with Crippen LogP contribution in [0.5, 0.6) is 0 Å². The minimum atomic E-state index is -0.365. The van der Waals surface area contributed by atoms with Crippen LogP contribution in [0.4, 0.5) is 0 Å². The van der Waals surface area contributed by atoms with E-state index in [9.17, 15) is 4.79 Å². The largest absolute Gasteiger partial charge is 0.368 e. The average Bonchev–Trinajstić information content (AvgIpc) is 3.08. The fraction of sp³-hybridized carbons (Fsp3) is 0.429. The Hall–Kier alpha value is -1.28. The van der Waals surface area contributed by atoms with E-state index >= 15 is 0 Å². The molecule has 0 radical (unpaired) electrons. The van der Waals surface area contributed by atoms with Crippen LogP contribution < -0.4 is 5.73 Å². The predicted octanol–water partition coefficient (Wildman–Crippen LogP) is 2.19. The maximum atomic E-state index is 11.1. The van der Waals surface area contributed by atoms with Gasteiger partial charge < -0.3 is 10.5 Å². The Labute approximate surface area is 131 Å². The molecule has 1 atom stereocenters. The molecule has 3 heterocycles. The molecule has 21 heavy (non-hydrogen) atoms. The van der Waals surface area contributed by atoms with Gasteiger partial charge in [0.1, 0.15) is 11.1 Å². The zero-order valence-electron chi connectivity index (χ0n) is 11.7. The molecule has 1 aliphatic rings. The van der Waals surface area contributed by atoms with Gasteiger partial charge >= 0.3 is 0 Å². The third kappa shape index (κ3) is 3.49. The second kappa shape index (κ2) is 6.23. The van der Waals surface area contributed by atoms with Crippen molar-refractivity contribution in [3.05, 3.63) is 38.0 Å². The van der Waals surface area contributed by atoms with Crippen molar-refractivity contribution in [1.82, 2.24) is 9.88 Å². The number of hydrogen-bond acceptors (Lipinski definition) is 6. The van der Waals surface area contributed by atoms with Crippen molar-refractivity contribution in [3.8, 4) is 0 Å². The molecule has 1 amide bonds. The van der Waals surface area contributed by atoms with Crippen LogP contribution in [0, 0.1) is 6.92 Å². The summed E-state index contributed by atoms with van der Waals surface area (Å²) in [6, 6.07) is 1.88.